The van der Waals surface area contributed by atoms with Crippen molar-refractivity contribution in [3.63, 3.8) is 0 Å². The highest BCUT2D eigenvalue weighted by Crippen LogP contribution is 2.27. The largest absolute Gasteiger partial charge is 0.323 e. The average Bonchev–Trinajstić information content (AvgIpc) is 2.75. The third-order valence-electron chi connectivity index (χ3n) is 2.61. The Bertz CT molecular complexity index is 465. The van der Waals surface area contributed by atoms with E-state index in [9.17, 15) is 0 Å². The maximum Gasteiger partial charge on any atom is 0.0947 e. The van der Waals surface area contributed by atoms with Gasteiger partial charge in [0.25, 0.3) is 0 Å². The molecular formula is C12H16N2S2. The van der Waals surface area contributed by atoms with Crippen LogP contribution < -0.4 is 5.73 Å². The van der Waals surface area contributed by atoms with Gasteiger partial charge in [0.15, 0.2) is 0 Å². The van der Waals surface area contributed by atoms with Crippen molar-refractivity contribution in [2.75, 3.05) is 0 Å². The molecule has 1 atom stereocenters. The number of hydrogen-bond donors (Lipinski definition) is 1. The fourth-order valence-electron chi connectivity index (χ4n) is 1.57. The quantitative estimate of drug-likeness (QED) is 0.909. The van der Waals surface area contributed by atoms with Crippen LogP contribution >= 0.6 is 22.7 Å². The van der Waals surface area contributed by atoms with Gasteiger partial charge in [-0.25, -0.2) is 4.98 Å². The number of rotatable bonds is 3. The molecule has 2 N–H and O–H groups in total. The van der Waals surface area contributed by atoms with E-state index in [-0.39, 0.29) is 6.04 Å². The predicted octanol–water partition coefficient (Wildman–Crippen LogP) is 3.37. The molecule has 2 heterocycles. The first-order chi connectivity index (χ1) is 7.56. The highest BCUT2D eigenvalue weighted by atomic mass is 32.1. The molecule has 0 amide bonds. The molecule has 2 aromatic rings. The maximum atomic E-state index is 6.20. The summed E-state index contributed by atoms with van der Waals surface area (Å²) in [5.74, 6) is 0. The Morgan fingerprint density at radius 1 is 1.38 bits per heavy atom. The van der Waals surface area contributed by atoms with Gasteiger partial charge in [-0.3, -0.25) is 0 Å². The molecule has 0 aliphatic carbocycles. The molecule has 0 radical (unpaired) electrons. The molecule has 0 bridgehead atoms. The minimum Gasteiger partial charge on any atom is -0.323 e. The first-order valence-electron chi connectivity index (χ1n) is 5.30. The highest BCUT2D eigenvalue weighted by molar-refractivity contribution is 7.12. The van der Waals surface area contributed by atoms with Crippen LogP contribution in [0, 0.1) is 20.8 Å². The molecule has 2 aromatic heterocycles. The fraction of sp³-hybridized carbons (Fsp3) is 0.417. The lowest BCUT2D eigenvalue weighted by Crippen LogP contribution is -2.11. The Morgan fingerprint density at radius 3 is 2.62 bits per heavy atom. The molecule has 0 spiro atoms. The normalized spacial score (nSPS) is 13.0. The molecule has 0 aliphatic heterocycles. The van der Waals surface area contributed by atoms with Gasteiger partial charge in [0.1, 0.15) is 0 Å². The van der Waals surface area contributed by atoms with Crippen LogP contribution in [0.3, 0.4) is 0 Å². The van der Waals surface area contributed by atoms with Gasteiger partial charge in [0, 0.05) is 33.3 Å². The fourth-order valence-corrected chi connectivity index (χ4v) is 3.45. The van der Waals surface area contributed by atoms with Gasteiger partial charge in [-0.15, -0.1) is 22.7 Å². The van der Waals surface area contributed by atoms with Crippen molar-refractivity contribution in [3.8, 4) is 0 Å². The van der Waals surface area contributed by atoms with E-state index in [4.69, 9.17) is 5.73 Å². The summed E-state index contributed by atoms with van der Waals surface area (Å²) >= 11 is 3.50. The van der Waals surface area contributed by atoms with Crippen LogP contribution in [-0.4, -0.2) is 4.98 Å². The molecule has 86 valence electrons. The number of thiophene rings is 1. The van der Waals surface area contributed by atoms with E-state index in [2.05, 4.69) is 30.3 Å². The number of thiazole rings is 1. The molecule has 1 unspecified atom stereocenters. The monoisotopic (exact) mass is 252 g/mol. The van der Waals surface area contributed by atoms with Gasteiger partial charge in [-0.05, 0) is 32.4 Å². The predicted molar refractivity (Wildman–Crippen MR) is 71.3 cm³/mol. The molecule has 0 fully saturated rings. The average molecular weight is 252 g/mol. The zero-order chi connectivity index (χ0) is 11.7. The number of hydrogen-bond acceptors (Lipinski definition) is 4. The summed E-state index contributed by atoms with van der Waals surface area (Å²) < 4.78 is 0. The molecule has 0 saturated carbocycles. The smallest absolute Gasteiger partial charge is 0.0947 e. The second-order valence-corrected chi connectivity index (χ2v) is 6.31. The van der Waals surface area contributed by atoms with Crippen molar-refractivity contribution in [2.45, 2.75) is 33.2 Å². The second-order valence-electron chi connectivity index (χ2n) is 4.08. The van der Waals surface area contributed by atoms with E-state index in [0.717, 1.165) is 17.1 Å². The minimum absolute atomic E-state index is 0.0861. The third kappa shape index (κ3) is 2.51. The molecule has 0 saturated heterocycles. The van der Waals surface area contributed by atoms with Crippen molar-refractivity contribution in [3.05, 3.63) is 37.5 Å². The zero-order valence-corrected chi connectivity index (χ0v) is 11.4. The Balaban J connectivity index is 2.11. The zero-order valence-electron chi connectivity index (χ0n) is 9.78. The summed E-state index contributed by atoms with van der Waals surface area (Å²) in [5.41, 5.74) is 8.62. The van der Waals surface area contributed by atoms with Crippen molar-refractivity contribution in [1.82, 2.24) is 4.98 Å². The molecule has 0 aliphatic rings. The van der Waals surface area contributed by atoms with Gasteiger partial charge in [-0.1, -0.05) is 0 Å². The summed E-state index contributed by atoms with van der Waals surface area (Å²) in [5, 5.41) is 3.21. The van der Waals surface area contributed by atoms with E-state index < -0.39 is 0 Å². The Hall–Kier alpha value is -0.710. The first kappa shape index (κ1) is 11.8. The van der Waals surface area contributed by atoms with Crippen LogP contribution in [0.2, 0.25) is 0 Å². The van der Waals surface area contributed by atoms with Crippen molar-refractivity contribution in [1.29, 1.82) is 0 Å². The lowest BCUT2D eigenvalue weighted by atomic mass is 10.1. The van der Waals surface area contributed by atoms with E-state index in [1.807, 2.05) is 6.92 Å². The lowest BCUT2D eigenvalue weighted by molar-refractivity contribution is 0.730. The minimum atomic E-state index is 0.0861. The SMILES string of the molecule is Cc1csc(CC(N)c2cc(C)c(C)s2)n1. The number of nitrogens with two attached hydrogens (primary N) is 1. The van der Waals surface area contributed by atoms with Crippen molar-refractivity contribution < 1.29 is 0 Å². The van der Waals surface area contributed by atoms with Crippen molar-refractivity contribution in [2.24, 2.45) is 5.73 Å². The Labute approximate surface area is 104 Å². The summed E-state index contributed by atoms with van der Waals surface area (Å²) in [6, 6.07) is 2.29. The van der Waals surface area contributed by atoms with Gasteiger partial charge < -0.3 is 5.73 Å². The number of aromatic nitrogens is 1. The van der Waals surface area contributed by atoms with Gasteiger partial charge >= 0.3 is 0 Å². The summed E-state index contributed by atoms with van der Waals surface area (Å²) in [4.78, 5) is 7.08. The standard InChI is InChI=1S/C12H16N2S2/c1-7-4-11(16-9(7)3)10(13)5-12-14-8(2)6-15-12/h4,6,10H,5,13H2,1-3H3. The van der Waals surface area contributed by atoms with Crippen LogP contribution in [0.15, 0.2) is 11.4 Å². The van der Waals surface area contributed by atoms with Crippen LogP contribution in [0.25, 0.3) is 0 Å². The Morgan fingerprint density at radius 2 is 2.12 bits per heavy atom. The lowest BCUT2D eigenvalue weighted by Gasteiger charge is -2.06. The van der Waals surface area contributed by atoms with Crippen LogP contribution in [0.1, 0.15) is 32.1 Å². The molecule has 2 rings (SSSR count). The molecular weight excluding hydrogens is 236 g/mol. The van der Waals surface area contributed by atoms with E-state index in [0.29, 0.717) is 0 Å². The van der Waals surface area contributed by atoms with E-state index in [1.165, 1.54) is 15.3 Å². The van der Waals surface area contributed by atoms with Crippen LogP contribution in [0.4, 0.5) is 0 Å². The number of nitrogens with zero attached hydrogens (tertiary/aromatic N) is 1. The van der Waals surface area contributed by atoms with E-state index >= 15 is 0 Å². The number of aryl methyl sites for hydroxylation is 3. The summed E-state index contributed by atoms with van der Waals surface area (Å²) in [6.45, 7) is 6.30. The van der Waals surface area contributed by atoms with Gasteiger partial charge in [0.2, 0.25) is 0 Å². The summed E-state index contributed by atoms with van der Waals surface area (Å²) in [6.07, 6.45) is 0.845. The highest BCUT2D eigenvalue weighted by Gasteiger charge is 2.12. The maximum absolute atomic E-state index is 6.20. The third-order valence-corrected chi connectivity index (χ3v) is 4.89. The van der Waals surface area contributed by atoms with Gasteiger partial charge in [-0.2, -0.15) is 0 Å². The van der Waals surface area contributed by atoms with Crippen molar-refractivity contribution >= 4 is 22.7 Å². The van der Waals surface area contributed by atoms with Crippen LogP contribution in [-0.2, 0) is 6.42 Å². The first-order valence-corrected chi connectivity index (χ1v) is 6.99. The van der Waals surface area contributed by atoms with E-state index in [1.54, 1.807) is 22.7 Å². The molecule has 0 aromatic carbocycles. The van der Waals surface area contributed by atoms with Crippen LogP contribution in [0.5, 0.6) is 0 Å². The molecule has 16 heavy (non-hydrogen) atoms. The van der Waals surface area contributed by atoms with Gasteiger partial charge in [0.05, 0.1) is 5.01 Å². The molecule has 2 nitrogen and oxygen atoms in total. The Kier molecular flexibility index (Phi) is 3.42. The second kappa shape index (κ2) is 4.65. The summed E-state index contributed by atoms with van der Waals surface area (Å²) in [7, 11) is 0. The topological polar surface area (TPSA) is 38.9 Å². The molecule has 4 heteroatoms.